The molecule has 0 heterocycles. The van der Waals surface area contributed by atoms with E-state index in [1.54, 1.807) is 0 Å². The molecule has 18 heavy (non-hydrogen) atoms. The van der Waals surface area contributed by atoms with Gasteiger partial charge in [0, 0.05) is 5.56 Å². The highest BCUT2D eigenvalue weighted by molar-refractivity contribution is 5.77. The Kier molecular flexibility index (Phi) is 4.98. The van der Waals surface area contributed by atoms with E-state index in [0.29, 0.717) is 0 Å². The summed E-state index contributed by atoms with van der Waals surface area (Å²) in [6, 6.07) is 8.07. The van der Waals surface area contributed by atoms with Gasteiger partial charge in [0.05, 0.1) is 0 Å². The van der Waals surface area contributed by atoms with Crippen molar-refractivity contribution in [1.29, 1.82) is 0 Å². The van der Waals surface area contributed by atoms with Gasteiger partial charge in [0.1, 0.15) is 6.29 Å². The van der Waals surface area contributed by atoms with Crippen molar-refractivity contribution in [3.05, 3.63) is 35.4 Å². The molecule has 1 heteroatoms. The summed E-state index contributed by atoms with van der Waals surface area (Å²) in [7, 11) is 0. The van der Waals surface area contributed by atoms with Crippen LogP contribution in [0.3, 0.4) is 0 Å². The Labute approximate surface area is 111 Å². The molecular formula is C17H24O. The fourth-order valence-corrected chi connectivity index (χ4v) is 3.37. The maximum atomic E-state index is 11.1. The molecule has 0 saturated heterocycles. The second kappa shape index (κ2) is 6.72. The molecule has 0 amide bonds. The molecule has 2 rings (SSSR count). The number of rotatable bonds is 5. The van der Waals surface area contributed by atoms with Crippen LogP contribution in [-0.4, -0.2) is 6.29 Å². The quantitative estimate of drug-likeness (QED) is 0.689. The summed E-state index contributed by atoms with van der Waals surface area (Å²) in [6.07, 6.45) is 10.3. The highest BCUT2D eigenvalue weighted by Crippen LogP contribution is 2.34. The molecule has 0 N–H and O–H groups in total. The lowest BCUT2D eigenvalue weighted by molar-refractivity contribution is 0.112. The number of carbonyl (C=O) groups excluding carboxylic acids is 1. The zero-order valence-electron chi connectivity index (χ0n) is 11.4. The topological polar surface area (TPSA) is 17.1 Å². The van der Waals surface area contributed by atoms with Gasteiger partial charge in [0.15, 0.2) is 0 Å². The van der Waals surface area contributed by atoms with E-state index in [1.807, 2.05) is 12.1 Å². The zero-order chi connectivity index (χ0) is 12.8. The van der Waals surface area contributed by atoms with E-state index in [2.05, 4.69) is 19.1 Å². The lowest BCUT2D eigenvalue weighted by Gasteiger charge is -2.30. The number of hydrogen-bond donors (Lipinski definition) is 0. The summed E-state index contributed by atoms with van der Waals surface area (Å²) >= 11 is 0. The molecule has 1 atom stereocenters. The summed E-state index contributed by atoms with van der Waals surface area (Å²) in [5.41, 5.74) is 2.12. The summed E-state index contributed by atoms with van der Waals surface area (Å²) in [6.45, 7) is 2.29. The average molecular weight is 244 g/mol. The second-order valence-corrected chi connectivity index (χ2v) is 5.59. The summed E-state index contributed by atoms with van der Waals surface area (Å²) in [4.78, 5) is 11.1. The zero-order valence-corrected chi connectivity index (χ0v) is 11.4. The van der Waals surface area contributed by atoms with Gasteiger partial charge in [0.2, 0.25) is 0 Å². The molecule has 0 aliphatic heterocycles. The third kappa shape index (κ3) is 3.22. The van der Waals surface area contributed by atoms with E-state index in [1.165, 1.54) is 44.1 Å². The first kappa shape index (κ1) is 13.3. The molecule has 1 aromatic rings. The highest BCUT2D eigenvalue weighted by atomic mass is 16.1. The Morgan fingerprint density at radius 3 is 2.61 bits per heavy atom. The second-order valence-electron chi connectivity index (χ2n) is 5.59. The van der Waals surface area contributed by atoms with Gasteiger partial charge in [-0.1, -0.05) is 69.7 Å². The Hall–Kier alpha value is -1.11. The Balaban J connectivity index is 2.06. The van der Waals surface area contributed by atoms with Gasteiger partial charge in [0.25, 0.3) is 0 Å². The van der Waals surface area contributed by atoms with Crippen molar-refractivity contribution in [1.82, 2.24) is 0 Å². The third-order valence-corrected chi connectivity index (χ3v) is 4.51. The van der Waals surface area contributed by atoms with Gasteiger partial charge in [-0.2, -0.15) is 0 Å². The van der Waals surface area contributed by atoms with Gasteiger partial charge in [-0.3, -0.25) is 4.79 Å². The number of carbonyl (C=O) groups is 1. The molecule has 0 aromatic heterocycles. The Morgan fingerprint density at radius 2 is 1.94 bits per heavy atom. The Morgan fingerprint density at radius 1 is 1.22 bits per heavy atom. The molecule has 1 fully saturated rings. The molecule has 98 valence electrons. The van der Waals surface area contributed by atoms with Gasteiger partial charge in [-0.05, 0) is 23.8 Å². The van der Waals surface area contributed by atoms with Crippen molar-refractivity contribution < 1.29 is 4.79 Å². The van der Waals surface area contributed by atoms with Crippen LogP contribution in [0, 0.1) is 11.8 Å². The summed E-state index contributed by atoms with van der Waals surface area (Å²) in [5.74, 6) is 1.63. The predicted octanol–water partition coefficient (Wildman–Crippen LogP) is 4.65. The molecular weight excluding hydrogens is 220 g/mol. The first-order valence-corrected chi connectivity index (χ1v) is 7.38. The maximum Gasteiger partial charge on any atom is 0.150 e. The van der Waals surface area contributed by atoms with Crippen molar-refractivity contribution in [3.63, 3.8) is 0 Å². The molecule has 0 radical (unpaired) electrons. The fraction of sp³-hybridized carbons (Fsp3) is 0.588. The number of benzene rings is 1. The van der Waals surface area contributed by atoms with Crippen LogP contribution in [0.5, 0.6) is 0 Å². The normalized spacial score (nSPS) is 18.5. The lowest BCUT2D eigenvalue weighted by atomic mass is 9.76. The smallest absolute Gasteiger partial charge is 0.150 e. The minimum atomic E-state index is 0.756. The molecule has 1 aromatic carbocycles. The van der Waals surface area contributed by atoms with Crippen LogP contribution in [0.25, 0.3) is 0 Å². The van der Waals surface area contributed by atoms with Crippen LogP contribution in [0.2, 0.25) is 0 Å². The minimum Gasteiger partial charge on any atom is -0.298 e. The SMILES string of the molecule is CCC(Cc1ccccc1C=O)C1CCCCC1. The van der Waals surface area contributed by atoms with E-state index in [-0.39, 0.29) is 0 Å². The maximum absolute atomic E-state index is 11.1. The van der Waals surface area contributed by atoms with Crippen LogP contribution in [-0.2, 0) is 6.42 Å². The van der Waals surface area contributed by atoms with E-state index in [4.69, 9.17) is 0 Å². The van der Waals surface area contributed by atoms with Gasteiger partial charge in [-0.25, -0.2) is 0 Å². The van der Waals surface area contributed by atoms with Crippen molar-refractivity contribution in [2.45, 2.75) is 51.9 Å². The number of aldehydes is 1. The van der Waals surface area contributed by atoms with Gasteiger partial charge < -0.3 is 0 Å². The standard InChI is InChI=1S/C17H24O/c1-2-14(15-8-4-3-5-9-15)12-16-10-6-7-11-17(16)13-18/h6-7,10-11,13-15H,2-5,8-9,12H2,1H3. The number of hydrogen-bond acceptors (Lipinski definition) is 1. The fourth-order valence-electron chi connectivity index (χ4n) is 3.37. The minimum absolute atomic E-state index is 0.756. The monoisotopic (exact) mass is 244 g/mol. The summed E-state index contributed by atoms with van der Waals surface area (Å²) < 4.78 is 0. The van der Waals surface area contributed by atoms with E-state index in [0.717, 1.165) is 30.1 Å². The van der Waals surface area contributed by atoms with Crippen molar-refractivity contribution >= 4 is 6.29 Å². The molecule has 0 bridgehead atoms. The van der Waals surface area contributed by atoms with Crippen molar-refractivity contribution in [2.24, 2.45) is 11.8 Å². The first-order chi connectivity index (χ1) is 8.85. The molecule has 1 aliphatic carbocycles. The van der Waals surface area contributed by atoms with Crippen LogP contribution >= 0.6 is 0 Å². The lowest BCUT2D eigenvalue weighted by Crippen LogP contribution is -2.20. The highest BCUT2D eigenvalue weighted by Gasteiger charge is 2.22. The molecule has 1 nitrogen and oxygen atoms in total. The third-order valence-electron chi connectivity index (χ3n) is 4.51. The molecule has 1 saturated carbocycles. The molecule has 1 unspecified atom stereocenters. The average Bonchev–Trinajstić information content (AvgIpc) is 2.46. The van der Waals surface area contributed by atoms with E-state index < -0.39 is 0 Å². The van der Waals surface area contributed by atoms with Crippen LogP contribution in [0.15, 0.2) is 24.3 Å². The van der Waals surface area contributed by atoms with Crippen LogP contribution < -0.4 is 0 Å². The first-order valence-electron chi connectivity index (χ1n) is 7.38. The van der Waals surface area contributed by atoms with Crippen LogP contribution in [0.1, 0.15) is 61.4 Å². The van der Waals surface area contributed by atoms with Gasteiger partial charge in [-0.15, -0.1) is 0 Å². The summed E-state index contributed by atoms with van der Waals surface area (Å²) in [5, 5.41) is 0. The Bertz CT molecular complexity index is 377. The van der Waals surface area contributed by atoms with Crippen molar-refractivity contribution in [2.75, 3.05) is 0 Å². The van der Waals surface area contributed by atoms with E-state index in [9.17, 15) is 4.79 Å². The molecule has 1 aliphatic rings. The predicted molar refractivity (Wildman–Crippen MR) is 75.9 cm³/mol. The van der Waals surface area contributed by atoms with Crippen molar-refractivity contribution in [3.8, 4) is 0 Å². The largest absolute Gasteiger partial charge is 0.298 e. The van der Waals surface area contributed by atoms with E-state index >= 15 is 0 Å². The van der Waals surface area contributed by atoms with Crippen LogP contribution in [0.4, 0.5) is 0 Å². The molecule has 0 spiro atoms. The van der Waals surface area contributed by atoms with Gasteiger partial charge >= 0.3 is 0 Å².